The summed E-state index contributed by atoms with van der Waals surface area (Å²) >= 11 is 0. The molecule has 0 radical (unpaired) electrons. The van der Waals surface area contributed by atoms with E-state index in [1.807, 2.05) is 0 Å². The third-order valence-electron chi connectivity index (χ3n) is 7.52. The van der Waals surface area contributed by atoms with E-state index in [0.29, 0.717) is 5.92 Å². The minimum atomic E-state index is 0.0635. The summed E-state index contributed by atoms with van der Waals surface area (Å²) in [6.07, 6.45) is 6.17. The fraction of sp³-hybridized carbons (Fsp3) is 0.241. The second kappa shape index (κ2) is 6.59. The van der Waals surface area contributed by atoms with Gasteiger partial charge in [-0.1, -0.05) is 91.0 Å². The SMILES string of the molecule is c1ccc2c(c1)CCCC2C1(c2cccc3ccccc23)CCc2ccccc21. The maximum absolute atomic E-state index is 2.42. The van der Waals surface area contributed by atoms with Gasteiger partial charge in [-0.25, -0.2) is 0 Å². The van der Waals surface area contributed by atoms with Crippen LogP contribution in [0.5, 0.6) is 0 Å². The molecule has 2 atom stereocenters. The van der Waals surface area contributed by atoms with Gasteiger partial charge in [0.15, 0.2) is 0 Å². The molecule has 0 heteroatoms. The van der Waals surface area contributed by atoms with Gasteiger partial charge in [0.2, 0.25) is 0 Å². The Morgan fingerprint density at radius 2 is 1.34 bits per heavy atom. The van der Waals surface area contributed by atoms with Gasteiger partial charge in [0.05, 0.1) is 0 Å². The van der Waals surface area contributed by atoms with Gasteiger partial charge in [-0.05, 0) is 76.6 Å². The average Bonchev–Trinajstić information content (AvgIpc) is 3.19. The quantitative estimate of drug-likeness (QED) is 0.348. The standard InChI is InChI=1S/C29H26/c1-4-14-24-21(9-1)12-7-17-27(24)29(20-19-23-11-3-6-16-26(23)29)28-18-8-13-22-10-2-5-15-25(22)28/h1-7,9-12,14-17,28H,8,13,18-20H2. The number of aryl methyl sites for hydroxylation is 2. The first kappa shape index (κ1) is 17.0. The van der Waals surface area contributed by atoms with Crippen LogP contribution in [0.4, 0.5) is 0 Å². The molecule has 2 aliphatic carbocycles. The molecule has 6 rings (SSSR count). The lowest BCUT2D eigenvalue weighted by molar-refractivity contribution is 0.366. The van der Waals surface area contributed by atoms with E-state index < -0.39 is 0 Å². The van der Waals surface area contributed by atoms with Crippen LogP contribution in [0.3, 0.4) is 0 Å². The van der Waals surface area contributed by atoms with E-state index in [9.17, 15) is 0 Å². The molecular formula is C29H26. The van der Waals surface area contributed by atoms with E-state index >= 15 is 0 Å². The van der Waals surface area contributed by atoms with Crippen molar-refractivity contribution in [3.63, 3.8) is 0 Å². The molecule has 4 aromatic carbocycles. The predicted octanol–water partition coefficient (Wildman–Crippen LogP) is 7.19. The highest BCUT2D eigenvalue weighted by atomic mass is 14.5. The predicted molar refractivity (Wildman–Crippen MR) is 122 cm³/mol. The molecule has 0 saturated heterocycles. The van der Waals surface area contributed by atoms with Crippen molar-refractivity contribution in [3.8, 4) is 0 Å². The molecule has 4 aromatic rings. The Balaban J connectivity index is 1.69. The first-order valence-corrected chi connectivity index (χ1v) is 11.0. The third-order valence-corrected chi connectivity index (χ3v) is 7.52. The van der Waals surface area contributed by atoms with E-state index in [1.54, 1.807) is 22.3 Å². The number of hydrogen-bond acceptors (Lipinski definition) is 0. The van der Waals surface area contributed by atoms with Crippen molar-refractivity contribution in [1.29, 1.82) is 0 Å². The Hall–Kier alpha value is -2.86. The lowest BCUT2D eigenvalue weighted by Gasteiger charge is -2.43. The molecule has 29 heavy (non-hydrogen) atoms. The van der Waals surface area contributed by atoms with Gasteiger partial charge < -0.3 is 0 Å². The van der Waals surface area contributed by atoms with Crippen molar-refractivity contribution in [2.75, 3.05) is 0 Å². The van der Waals surface area contributed by atoms with Gasteiger partial charge in [0.25, 0.3) is 0 Å². The molecule has 0 fully saturated rings. The molecular weight excluding hydrogens is 348 g/mol. The summed E-state index contributed by atoms with van der Waals surface area (Å²) < 4.78 is 0. The van der Waals surface area contributed by atoms with Crippen LogP contribution < -0.4 is 0 Å². The molecule has 0 heterocycles. The van der Waals surface area contributed by atoms with Crippen molar-refractivity contribution in [1.82, 2.24) is 0 Å². The summed E-state index contributed by atoms with van der Waals surface area (Å²) in [6, 6.07) is 34.4. The average molecular weight is 375 g/mol. The van der Waals surface area contributed by atoms with Crippen LogP contribution in [-0.4, -0.2) is 0 Å². The molecule has 0 aliphatic heterocycles. The normalized spacial score (nSPS) is 23.0. The maximum Gasteiger partial charge on any atom is 0.0283 e. The first-order valence-electron chi connectivity index (χ1n) is 11.0. The van der Waals surface area contributed by atoms with Gasteiger partial charge in [-0.2, -0.15) is 0 Å². The molecule has 0 nitrogen and oxygen atoms in total. The van der Waals surface area contributed by atoms with Gasteiger partial charge in [0.1, 0.15) is 0 Å². The number of benzene rings is 4. The Kier molecular flexibility index (Phi) is 3.87. The smallest absolute Gasteiger partial charge is 0.0283 e. The molecule has 142 valence electrons. The number of fused-ring (bicyclic) bond motifs is 3. The van der Waals surface area contributed by atoms with Crippen molar-refractivity contribution in [2.24, 2.45) is 0 Å². The lowest BCUT2D eigenvalue weighted by atomic mass is 9.60. The zero-order valence-corrected chi connectivity index (χ0v) is 16.8. The largest absolute Gasteiger partial charge is 0.0620 e. The van der Waals surface area contributed by atoms with Crippen molar-refractivity contribution in [2.45, 2.75) is 43.4 Å². The molecule has 0 spiro atoms. The summed E-state index contributed by atoms with van der Waals surface area (Å²) in [4.78, 5) is 0. The van der Waals surface area contributed by atoms with E-state index in [0.717, 1.165) is 0 Å². The summed E-state index contributed by atoms with van der Waals surface area (Å²) in [5, 5.41) is 2.78. The van der Waals surface area contributed by atoms with Crippen molar-refractivity contribution in [3.05, 3.63) is 119 Å². The molecule has 0 bridgehead atoms. The monoisotopic (exact) mass is 374 g/mol. The summed E-state index contributed by atoms with van der Waals surface area (Å²) in [5.74, 6) is 0.543. The van der Waals surface area contributed by atoms with Crippen LogP contribution in [0.25, 0.3) is 10.8 Å². The lowest BCUT2D eigenvalue weighted by Crippen LogP contribution is -2.35. The second-order valence-corrected chi connectivity index (χ2v) is 8.80. The Morgan fingerprint density at radius 3 is 2.31 bits per heavy atom. The van der Waals surface area contributed by atoms with E-state index in [-0.39, 0.29) is 5.41 Å². The van der Waals surface area contributed by atoms with E-state index in [4.69, 9.17) is 0 Å². The molecule has 0 saturated carbocycles. The third kappa shape index (κ3) is 2.45. The number of hydrogen-bond donors (Lipinski definition) is 0. The van der Waals surface area contributed by atoms with Gasteiger partial charge in [0, 0.05) is 5.41 Å². The molecule has 2 unspecified atom stereocenters. The van der Waals surface area contributed by atoms with Gasteiger partial charge in [-0.3, -0.25) is 0 Å². The van der Waals surface area contributed by atoms with Crippen LogP contribution in [0, 0.1) is 0 Å². The van der Waals surface area contributed by atoms with E-state index in [2.05, 4.69) is 91.0 Å². The van der Waals surface area contributed by atoms with Gasteiger partial charge in [-0.15, -0.1) is 0 Å². The topological polar surface area (TPSA) is 0 Å². The molecule has 0 aromatic heterocycles. The first-order chi connectivity index (χ1) is 14.4. The van der Waals surface area contributed by atoms with Crippen molar-refractivity contribution < 1.29 is 0 Å². The Morgan fingerprint density at radius 1 is 0.621 bits per heavy atom. The van der Waals surface area contributed by atoms with Gasteiger partial charge >= 0.3 is 0 Å². The van der Waals surface area contributed by atoms with E-state index in [1.165, 1.54) is 48.4 Å². The fourth-order valence-corrected chi connectivity index (χ4v) is 6.35. The number of rotatable bonds is 2. The van der Waals surface area contributed by atoms with Crippen LogP contribution in [0.1, 0.15) is 53.0 Å². The van der Waals surface area contributed by atoms with Crippen LogP contribution >= 0.6 is 0 Å². The summed E-state index contributed by atoms with van der Waals surface area (Å²) in [6.45, 7) is 0. The summed E-state index contributed by atoms with van der Waals surface area (Å²) in [7, 11) is 0. The fourth-order valence-electron chi connectivity index (χ4n) is 6.35. The van der Waals surface area contributed by atoms with Crippen molar-refractivity contribution >= 4 is 10.8 Å². The van der Waals surface area contributed by atoms with Crippen LogP contribution in [0.15, 0.2) is 91.0 Å². The molecule has 2 aliphatic rings. The minimum absolute atomic E-state index is 0.0635. The Bertz CT molecular complexity index is 1200. The van der Waals surface area contributed by atoms with Crippen LogP contribution in [0.2, 0.25) is 0 Å². The highest BCUT2D eigenvalue weighted by molar-refractivity contribution is 5.88. The van der Waals surface area contributed by atoms with Crippen LogP contribution in [-0.2, 0) is 18.3 Å². The zero-order valence-electron chi connectivity index (χ0n) is 16.8. The molecule has 0 amide bonds. The minimum Gasteiger partial charge on any atom is -0.0620 e. The zero-order chi connectivity index (χ0) is 19.3. The molecule has 0 N–H and O–H groups in total. The Labute approximate surface area is 173 Å². The maximum atomic E-state index is 2.42. The second-order valence-electron chi connectivity index (χ2n) is 8.80. The highest BCUT2D eigenvalue weighted by Crippen LogP contribution is 2.57. The highest BCUT2D eigenvalue weighted by Gasteiger charge is 2.48. The summed E-state index contributed by atoms with van der Waals surface area (Å²) in [5.41, 5.74) is 7.86.